The molecule has 1 saturated heterocycles. The smallest absolute Gasteiger partial charge is 0.236 e. The van der Waals surface area contributed by atoms with E-state index in [0.29, 0.717) is 32.6 Å². The van der Waals surface area contributed by atoms with Gasteiger partial charge in [0.1, 0.15) is 6.04 Å². The standard InChI is InChI=1S/C19H25N5O2/c1-13-16(14(2)22-21-13)10-18(25)24-9-8-23(17(12-24)19(20)26)11-15-6-4-3-5-7-15/h3-7,17H,8-12H2,1-2H3,(H2,20,26)(H,21,22)/t17-/m1/s1. The number of piperazine rings is 1. The Bertz CT molecular complexity index is 767. The van der Waals surface area contributed by atoms with Crippen LogP contribution in [0.2, 0.25) is 0 Å². The highest BCUT2D eigenvalue weighted by molar-refractivity contribution is 5.83. The Kier molecular flexibility index (Phi) is 5.37. The van der Waals surface area contributed by atoms with Crippen LogP contribution >= 0.6 is 0 Å². The highest BCUT2D eigenvalue weighted by Crippen LogP contribution is 2.17. The minimum absolute atomic E-state index is 0.00297. The molecule has 1 aliphatic rings. The number of benzene rings is 1. The molecule has 1 atom stereocenters. The summed E-state index contributed by atoms with van der Waals surface area (Å²) in [5, 5.41) is 7.04. The van der Waals surface area contributed by atoms with Crippen molar-refractivity contribution in [1.82, 2.24) is 20.0 Å². The first-order valence-electron chi connectivity index (χ1n) is 8.81. The Labute approximate surface area is 153 Å². The van der Waals surface area contributed by atoms with Crippen LogP contribution in [0, 0.1) is 13.8 Å². The molecule has 2 amide bonds. The molecule has 0 aliphatic carbocycles. The Morgan fingerprint density at radius 2 is 1.96 bits per heavy atom. The first-order valence-corrected chi connectivity index (χ1v) is 8.81. The summed E-state index contributed by atoms with van der Waals surface area (Å²) < 4.78 is 0. The van der Waals surface area contributed by atoms with Gasteiger partial charge in [-0.05, 0) is 19.4 Å². The molecule has 138 valence electrons. The van der Waals surface area contributed by atoms with Crippen LogP contribution in [0.4, 0.5) is 0 Å². The van der Waals surface area contributed by atoms with Gasteiger partial charge < -0.3 is 10.6 Å². The predicted molar refractivity (Wildman–Crippen MR) is 98.2 cm³/mol. The van der Waals surface area contributed by atoms with Crippen LogP contribution in [0.1, 0.15) is 22.5 Å². The zero-order chi connectivity index (χ0) is 18.7. The van der Waals surface area contributed by atoms with Crippen LogP contribution in [0.5, 0.6) is 0 Å². The maximum Gasteiger partial charge on any atom is 0.236 e. The van der Waals surface area contributed by atoms with Crippen molar-refractivity contribution in [2.45, 2.75) is 32.9 Å². The third-order valence-corrected chi connectivity index (χ3v) is 5.01. The summed E-state index contributed by atoms with van der Waals surface area (Å²) >= 11 is 0. The second-order valence-corrected chi connectivity index (χ2v) is 6.80. The zero-order valence-electron chi connectivity index (χ0n) is 15.2. The summed E-state index contributed by atoms with van der Waals surface area (Å²) in [6.07, 6.45) is 0.290. The quantitative estimate of drug-likeness (QED) is 0.828. The third-order valence-electron chi connectivity index (χ3n) is 5.01. The molecule has 1 aliphatic heterocycles. The molecule has 26 heavy (non-hydrogen) atoms. The molecule has 0 bridgehead atoms. The minimum atomic E-state index is -0.473. The third kappa shape index (κ3) is 3.94. The summed E-state index contributed by atoms with van der Waals surface area (Å²) in [7, 11) is 0. The van der Waals surface area contributed by atoms with Gasteiger partial charge in [-0.1, -0.05) is 30.3 Å². The lowest BCUT2D eigenvalue weighted by atomic mass is 10.1. The van der Waals surface area contributed by atoms with Gasteiger partial charge in [0.2, 0.25) is 11.8 Å². The number of nitrogens with zero attached hydrogens (tertiary/aromatic N) is 3. The van der Waals surface area contributed by atoms with Gasteiger partial charge in [0.15, 0.2) is 0 Å². The Balaban J connectivity index is 1.67. The number of aromatic amines is 1. The lowest BCUT2D eigenvalue weighted by molar-refractivity contribution is -0.136. The van der Waals surface area contributed by atoms with E-state index in [1.165, 1.54) is 0 Å². The summed E-state index contributed by atoms with van der Waals surface area (Å²) in [6, 6.07) is 9.50. The molecule has 3 rings (SSSR count). The molecular formula is C19H25N5O2. The van der Waals surface area contributed by atoms with Crippen molar-refractivity contribution in [3.05, 3.63) is 52.8 Å². The van der Waals surface area contributed by atoms with Gasteiger partial charge in [-0.15, -0.1) is 0 Å². The molecule has 2 heterocycles. The molecule has 0 radical (unpaired) electrons. The molecule has 2 aromatic rings. The van der Waals surface area contributed by atoms with Crippen molar-refractivity contribution in [2.75, 3.05) is 19.6 Å². The number of hydrogen-bond donors (Lipinski definition) is 2. The molecular weight excluding hydrogens is 330 g/mol. The monoisotopic (exact) mass is 355 g/mol. The van der Waals surface area contributed by atoms with Crippen LogP contribution in [0.15, 0.2) is 30.3 Å². The number of H-pyrrole nitrogens is 1. The summed E-state index contributed by atoms with van der Waals surface area (Å²) in [5.41, 5.74) is 9.43. The summed E-state index contributed by atoms with van der Waals surface area (Å²) in [6.45, 7) is 5.99. The van der Waals surface area contributed by atoms with Crippen LogP contribution in [-0.2, 0) is 22.6 Å². The van der Waals surface area contributed by atoms with E-state index in [2.05, 4.69) is 15.1 Å². The molecule has 7 heteroatoms. The molecule has 3 N–H and O–H groups in total. The molecule has 1 aromatic heterocycles. The summed E-state index contributed by atoms with van der Waals surface area (Å²) in [4.78, 5) is 28.5. The molecule has 0 saturated carbocycles. The largest absolute Gasteiger partial charge is 0.368 e. The molecule has 7 nitrogen and oxygen atoms in total. The highest BCUT2D eigenvalue weighted by Gasteiger charge is 2.33. The van der Waals surface area contributed by atoms with Gasteiger partial charge in [-0.3, -0.25) is 19.6 Å². The van der Waals surface area contributed by atoms with E-state index >= 15 is 0 Å². The number of primary amides is 1. The average molecular weight is 355 g/mol. The van der Waals surface area contributed by atoms with Gasteiger partial charge in [0.25, 0.3) is 0 Å². The average Bonchev–Trinajstić information content (AvgIpc) is 2.94. The molecule has 1 fully saturated rings. The van der Waals surface area contributed by atoms with Crippen LogP contribution in [0.3, 0.4) is 0 Å². The SMILES string of the molecule is Cc1n[nH]c(C)c1CC(=O)N1CCN(Cc2ccccc2)[C@@H](C(N)=O)C1. The van der Waals surface area contributed by atoms with E-state index in [4.69, 9.17) is 5.73 Å². The number of aryl methyl sites for hydroxylation is 2. The van der Waals surface area contributed by atoms with Crippen LogP contribution in [-0.4, -0.2) is 57.5 Å². The van der Waals surface area contributed by atoms with Gasteiger partial charge in [-0.2, -0.15) is 5.10 Å². The van der Waals surface area contributed by atoms with Gasteiger partial charge in [-0.25, -0.2) is 0 Å². The van der Waals surface area contributed by atoms with E-state index < -0.39 is 11.9 Å². The number of hydrogen-bond acceptors (Lipinski definition) is 4. The van der Waals surface area contributed by atoms with E-state index in [1.807, 2.05) is 44.2 Å². The molecule has 0 unspecified atom stereocenters. The number of carbonyl (C=O) groups excluding carboxylic acids is 2. The minimum Gasteiger partial charge on any atom is -0.368 e. The van der Waals surface area contributed by atoms with E-state index in [9.17, 15) is 9.59 Å². The topological polar surface area (TPSA) is 95.3 Å². The molecule has 1 aromatic carbocycles. The fourth-order valence-electron chi connectivity index (χ4n) is 3.42. The lowest BCUT2D eigenvalue weighted by Crippen LogP contribution is -2.59. The number of nitrogens with one attached hydrogen (secondary N) is 1. The fraction of sp³-hybridized carbons (Fsp3) is 0.421. The van der Waals surface area contributed by atoms with E-state index in [1.54, 1.807) is 4.90 Å². The van der Waals surface area contributed by atoms with Crippen molar-refractivity contribution in [1.29, 1.82) is 0 Å². The van der Waals surface area contributed by atoms with Crippen molar-refractivity contribution in [2.24, 2.45) is 5.73 Å². The van der Waals surface area contributed by atoms with Crippen LogP contribution in [0.25, 0.3) is 0 Å². The van der Waals surface area contributed by atoms with Gasteiger partial charge in [0.05, 0.1) is 12.1 Å². The maximum absolute atomic E-state index is 12.7. The number of nitrogens with two attached hydrogens (primary N) is 1. The van der Waals surface area contributed by atoms with Gasteiger partial charge >= 0.3 is 0 Å². The van der Waals surface area contributed by atoms with Crippen LogP contribution < -0.4 is 5.73 Å². The summed E-state index contributed by atoms with van der Waals surface area (Å²) in [5.74, 6) is -0.391. The first-order chi connectivity index (χ1) is 12.5. The van der Waals surface area contributed by atoms with Gasteiger partial charge in [0, 0.05) is 37.4 Å². The Hall–Kier alpha value is -2.67. The molecule has 0 spiro atoms. The number of aromatic nitrogens is 2. The number of carbonyl (C=O) groups is 2. The van der Waals surface area contributed by atoms with Crippen molar-refractivity contribution in [3.8, 4) is 0 Å². The van der Waals surface area contributed by atoms with Crippen molar-refractivity contribution < 1.29 is 9.59 Å². The second-order valence-electron chi connectivity index (χ2n) is 6.80. The highest BCUT2D eigenvalue weighted by atomic mass is 16.2. The normalized spacial score (nSPS) is 18.1. The maximum atomic E-state index is 12.7. The fourth-order valence-corrected chi connectivity index (χ4v) is 3.42. The zero-order valence-corrected chi connectivity index (χ0v) is 15.2. The first kappa shape index (κ1) is 18.1. The van der Waals surface area contributed by atoms with Crippen molar-refractivity contribution in [3.63, 3.8) is 0 Å². The van der Waals surface area contributed by atoms with E-state index in [-0.39, 0.29) is 5.91 Å². The Morgan fingerprint density at radius 1 is 1.23 bits per heavy atom. The van der Waals surface area contributed by atoms with Crippen molar-refractivity contribution >= 4 is 11.8 Å². The number of rotatable bonds is 5. The number of amides is 2. The second kappa shape index (κ2) is 7.70. The predicted octanol–water partition coefficient (Wildman–Crippen LogP) is 0.767. The van der Waals surface area contributed by atoms with E-state index in [0.717, 1.165) is 22.5 Å². The lowest BCUT2D eigenvalue weighted by Gasteiger charge is -2.40. The Morgan fingerprint density at radius 3 is 2.58 bits per heavy atom.